The summed E-state index contributed by atoms with van der Waals surface area (Å²) >= 11 is 0. The fourth-order valence-electron chi connectivity index (χ4n) is 2.04. The van der Waals surface area contributed by atoms with Gasteiger partial charge < -0.3 is 9.64 Å². The van der Waals surface area contributed by atoms with Crippen molar-refractivity contribution in [2.45, 2.75) is 53.1 Å². The third kappa shape index (κ3) is 3.49. The molecule has 0 aromatic carbocycles. The van der Waals surface area contributed by atoms with Crippen LogP contribution in [0, 0.1) is 5.41 Å². The Kier molecular flexibility index (Phi) is 3.77. The number of amides is 1. The molecule has 1 aliphatic heterocycles. The Balaban J connectivity index is 2.64. The van der Waals surface area contributed by atoms with Crippen LogP contribution < -0.4 is 0 Å². The van der Waals surface area contributed by atoms with Crippen molar-refractivity contribution in [3.05, 3.63) is 0 Å². The van der Waals surface area contributed by atoms with Crippen LogP contribution in [0.1, 0.15) is 41.0 Å². The van der Waals surface area contributed by atoms with Gasteiger partial charge in [-0.05, 0) is 19.3 Å². The predicted octanol–water partition coefficient (Wildman–Crippen LogP) is 2.06. The molecule has 0 aromatic heterocycles. The van der Waals surface area contributed by atoms with Crippen LogP contribution >= 0.6 is 0 Å². The molecule has 0 saturated carbocycles. The normalized spacial score (nSPS) is 27.9. The number of carbonyl (C=O) groups is 1. The van der Waals surface area contributed by atoms with Gasteiger partial charge in [0.05, 0.1) is 25.3 Å². The van der Waals surface area contributed by atoms with E-state index in [1.807, 2.05) is 4.90 Å². The van der Waals surface area contributed by atoms with Crippen molar-refractivity contribution in [1.82, 2.24) is 4.90 Å². The van der Waals surface area contributed by atoms with E-state index in [1.54, 1.807) is 0 Å². The molecule has 0 N–H and O–H groups in total. The molecule has 1 saturated heterocycles. The van der Waals surface area contributed by atoms with Gasteiger partial charge in [-0.25, -0.2) is 0 Å². The van der Waals surface area contributed by atoms with E-state index in [-0.39, 0.29) is 23.4 Å². The summed E-state index contributed by atoms with van der Waals surface area (Å²) in [7, 11) is 0. The maximum Gasteiger partial charge on any atom is 0.223 e. The number of morpholine rings is 1. The van der Waals surface area contributed by atoms with Gasteiger partial charge >= 0.3 is 0 Å². The zero-order chi connectivity index (χ0) is 11.6. The lowest BCUT2D eigenvalue weighted by atomic mass is 9.91. The monoisotopic (exact) mass is 213 g/mol. The Bertz CT molecular complexity index is 222. The maximum atomic E-state index is 12.1. The Hall–Kier alpha value is -0.570. The summed E-state index contributed by atoms with van der Waals surface area (Å²) in [6.45, 7) is 11.7. The first-order valence-corrected chi connectivity index (χ1v) is 5.70. The SMILES string of the molecule is CC1COCC(C)N1C(=O)CC(C)(C)C. The molecule has 0 radical (unpaired) electrons. The summed E-state index contributed by atoms with van der Waals surface area (Å²) in [5, 5.41) is 0. The van der Waals surface area contributed by atoms with Crippen molar-refractivity contribution in [3.63, 3.8) is 0 Å². The molecule has 3 heteroatoms. The maximum absolute atomic E-state index is 12.1. The second kappa shape index (κ2) is 4.52. The van der Waals surface area contributed by atoms with Crippen LogP contribution in [0.5, 0.6) is 0 Å². The number of hydrogen-bond donors (Lipinski definition) is 0. The molecule has 0 bridgehead atoms. The average Bonchev–Trinajstić information content (AvgIpc) is 1.99. The topological polar surface area (TPSA) is 29.5 Å². The van der Waals surface area contributed by atoms with Gasteiger partial charge in [-0.2, -0.15) is 0 Å². The molecule has 1 heterocycles. The number of carbonyl (C=O) groups excluding carboxylic acids is 1. The standard InChI is InChI=1S/C12H23NO2/c1-9-7-15-8-10(2)13(9)11(14)6-12(3,4)5/h9-10H,6-8H2,1-5H3. The highest BCUT2D eigenvalue weighted by molar-refractivity contribution is 5.77. The van der Waals surface area contributed by atoms with E-state index in [0.717, 1.165) is 0 Å². The summed E-state index contributed by atoms with van der Waals surface area (Å²) in [5.74, 6) is 0.255. The quantitative estimate of drug-likeness (QED) is 0.667. The van der Waals surface area contributed by atoms with Crippen LogP contribution in [0.2, 0.25) is 0 Å². The highest BCUT2D eigenvalue weighted by Crippen LogP contribution is 2.23. The van der Waals surface area contributed by atoms with E-state index in [1.165, 1.54) is 0 Å². The summed E-state index contributed by atoms with van der Waals surface area (Å²) in [6.07, 6.45) is 0.613. The lowest BCUT2D eigenvalue weighted by molar-refractivity contribution is -0.146. The molecule has 0 aromatic rings. The van der Waals surface area contributed by atoms with Gasteiger partial charge in [0.2, 0.25) is 5.91 Å². The van der Waals surface area contributed by atoms with Gasteiger partial charge in [0, 0.05) is 6.42 Å². The molecule has 1 rings (SSSR count). The van der Waals surface area contributed by atoms with Crippen LogP contribution in [0.4, 0.5) is 0 Å². The molecule has 15 heavy (non-hydrogen) atoms. The molecular formula is C12H23NO2. The Labute approximate surface area is 92.8 Å². The minimum absolute atomic E-state index is 0.0643. The first kappa shape index (κ1) is 12.5. The van der Waals surface area contributed by atoms with Crippen molar-refractivity contribution in [3.8, 4) is 0 Å². The van der Waals surface area contributed by atoms with Gasteiger partial charge in [0.25, 0.3) is 0 Å². The highest BCUT2D eigenvalue weighted by Gasteiger charge is 2.31. The van der Waals surface area contributed by atoms with Crippen molar-refractivity contribution in [2.75, 3.05) is 13.2 Å². The van der Waals surface area contributed by atoms with Crippen molar-refractivity contribution >= 4 is 5.91 Å². The summed E-state index contributed by atoms with van der Waals surface area (Å²) in [5.41, 5.74) is 0.0643. The first-order chi connectivity index (χ1) is 6.81. The number of nitrogens with zero attached hydrogens (tertiary/aromatic N) is 1. The molecule has 2 atom stereocenters. The van der Waals surface area contributed by atoms with Gasteiger partial charge in [-0.15, -0.1) is 0 Å². The molecule has 1 aliphatic rings. The molecule has 0 spiro atoms. The van der Waals surface area contributed by atoms with Crippen molar-refractivity contribution in [2.24, 2.45) is 5.41 Å². The molecule has 1 fully saturated rings. The predicted molar refractivity (Wildman–Crippen MR) is 60.7 cm³/mol. The number of rotatable bonds is 1. The van der Waals surface area contributed by atoms with Crippen LogP contribution in [0.3, 0.4) is 0 Å². The van der Waals surface area contributed by atoms with E-state index in [4.69, 9.17) is 4.74 Å². The lowest BCUT2D eigenvalue weighted by Crippen LogP contribution is -2.53. The Morgan fingerprint density at radius 3 is 2.13 bits per heavy atom. The molecule has 1 amide bonds. The van der Waals surface area contributed by atoms with Crippen LogP contribution in [-0.4, -0.2) is 36.1 Å². The second-order valence-corrected chi connectivity index (χ2v) is 5.77. The second-order valence-electron chi connectivity index (χ2n) is 5.77. The van der Waals surface area contributed by atoms with Gasteiger partial charge in [0.15, 0.2) is 0 Å². The first-order valence-electron chi connectivity index (χ1n) is 5.70. The Morgan fingerprint density at radius 2 is 1.73 bits per heavy atom. The minimum atomic E-state index is 0.0643. The fraction of sp³-hybridized carbons (Fsp3) is 0.917. The molecular weight excluding hydrogens is 190 g/mol. The van der Waals surface area contributed by atoms with E-state index in [0.29, 0.717) is 19.6 Å². The number of ether oxygens (including phenoxy) is 1. The van der Waals surface area contributed by atoms with E-state index in [9.17, 15) is 4.79 Å². The third-order valence-electron chi connectivity index (χ3n) is 2.64. The van der Waals surface area contributed by atoms with Crippen molar-refractivity contribution in [1.29, 1.82) is 0 Å². The van der Waals surface area contributed by atoms with Crippen LogP contribution in [0.15, 0.2) is 0 Å². The van der Waals surface area contributed by atoms with Gasteiger partial charge in [0.1, 0.15) is 0 Å². The molecule has 3 nitrogen and oxygen atoms in total. The zero-order valence-corrected chi connectivity index (χ0v) is 10.5. The van der Waals surface area contributed by atoms with Crippen LogP contribution in [-0.2, 0) is 9.53 Å². The summed E-state index contributed by atoms with van der Waals surface area (Å²) < 4.78 is 5.41. The highest BCUT2D eigenvalue weighted by atomic mass is 16.5. The van der Waals surface area contributed by atoms with Gasteiger partial charge in [-0.3, -0.25) is 4.79 Å². The van der Waals surface area contributed by atoms with Gasteiger partial charge in [-0.1, -0.05) is 20.8 Å². The fourth-order valence-corrected chi connectivity index (χ4v) is 2.04. The zero-order valence-electron chi connectivity index (χ0n) is 10.5. The smallest absolute Gasteiger partial charge is 0.223 e. The molecule has 0 aliphatic carbocycles. The van der Waals surface area contributed by atoms with E-state index >= 15 is 0 Å². The third-order valence-corrected chi connectivity index (χ3v) is 2.64. The Morgan fingerprint density at radius 1 is 1.27 bits per heavy atom. The van der Waals surface area contributed by atoms with E-state index < -0.39 is 0 Å². The van der Waals surface area contributed by atoms with Crippen LogP contribution in [0.25, 0.3) is 0 Å². The van der Waals surface area contributed by atoms with E-state index in [2.05, 4.69) is 34.6 Å². The lowest BCUT2D eigenvalue weighted by Gasteiger charge is -2.40. The van der Waals surface area contributed by atoms with Crippen molar-refractivity contribution < 1.29 is 9.53 Å². The average molecular weight is 213 g/mol. The molecule has 2 unspecified atom stereocenters. The minimum Gasteiger partial charge on any atom is -0.377 e. The molecule has 88 valence electrons. The summed E-state index contributed by atoms with van der Waals surface area (Å²) in [6, 6.07) is 0.423. The summed E-state index contributed by atoms with van der Waals surface area (Å²) in [4.78, 5) is 14.1. The largest absolute Gasteiger partial charge is 0.377 e. The number of hydrogen-bond acceptors (Lipinski definition) is 2.